The first-order valence-electron chi connectivity index (χ1n) is 5.83. The number of carbonyl (C=O) groups excluding carboxylic acids is 2. The van der Waals surface area contributed by atoms with Gasteiger partial charge in [-0.25, -0.2) is 9.29 Å². The molecular formula is C14H10FN3O2. The van der Waals surface area contributed by atoms with Crippen molar-refractivity contribution in [1.29, 1.82) is 0 Å². The zero-order valence-electron chi connectivity index (χ0n) is 10.3. The smallest absolute Gasteiger partial charge is 0.268 e. The summed E-state index contributed by atoms with van der Waals surface area (Å²) in [6.45, 7) is 0. The third kappa shape index (κ3) is 1.55. The maximum absolute atomic E-state index is 13.9. The summed E-state index contributed by atoms with van der Waals surface area (Å²) in [6.07, 6.45) is 0. The average Bonchev–Trinajstić information content (AvgIpc) is 2.64. The molecule has 0 radical (unpaired) electrons. The summed E-state index contributed by atoms with van der Waals surface area (Å²) in [5, 5.41) is 0. The van der Waals surface area contributed by atoms with Crippen molar-refractivity contribution < 1.29 is 14.0 Å². The first-order valence-corrected chi connectivity index (χ1v) is 5.83. The van der Waals surface area contributed by atoms with Crippen LogP contribution < -0.4 is 16.4 Å². The molecule has 0 spiro atoms. The molecule has 2 aromatic rings. The lowest BCUT2D eigenvalue weighted by molar-refractivity contribution is 0.0925. The van der Waals surface area contributed by atoms with E-state index in [0.717, 1.165) is 11.0 Å². The lowest BCUT2D eigenvalue weighted by atomic mass is 10.1. The Morgan fingerprint density at radius 3 is 2.40 bits per heavy atom. The number of amides is 2. The quantitative estimate of drug-likeness (QED) is 0.611. The Hall–Kier alpha value is -2.89. The van der Waals surface area contributed by atoms with Crippen LogP contribution in [0.1, 0.15) is 20.7 Å². The van der Waals surface area contributed by atoms with Gasteiger partial charge in [-0.2, -0.15) is 0 Å². The van der Waals surface area contributed by atoms with E-state index in [1.54, 1.807) is 6.07 Å². The molecule has 3 rings (SSSR count). The molecule has 0 saturated heterocycles. The number of nitrogens with zero attached hydrogens (tertiary/aromatic N) is 1. The van der Waals surface area contributed by atoms with Gasteiger partial charge in [0.1, 0.15) is 5.82 Å². The van der Waals surface area contributed by atoms with Gasteiger partial charge in [0.05, 0.1) is 16.8 Å². The van der Waals surface area contributed by atoms with Crippen molar-refractivity contribution >= 4 is 28.9 Å². The van der Waals surface area contributed by atoms with Crippen LogP contribution in [-0.2, 0) is 0 Å². The summed E-state index contributed by atoms with van der Waals surface area (Å²) in [7, 11) is 0. The van der Waals surface area contributed by atoms with Crippen LogP contribution in [0.3, 0.4) is 0 Å². The molecule has 1 aliphatic rings. The van der Waals surface area contributed by atoms with Crippen molar-refractivity contribution in [2.24, 2.45) is 0 Å². The molecule has 100 valence electrons. The maximum atomic E-state index is 13.9. The van der Waals surface area contributed by atoms with Crippen molar-refractivity contribution in [2.45, 2.75) is 0 Å². The van der Waals surface area contributed by atoms with Crippen LogP contribution in [-0.4, -0.2) is 11.8 Å². The van der Waals surface area contributed by atoms with E-state index in [2.05, 4.69) is 0 Å². The number of carbonyl (C=O) groups is 2. The van der Waals surface area contributed by atoms with Crippen LogP contribution in [0.4, 0.5) is 21.5 Å². The molecule has 2 amide bonds. The highest BCUT2D eigenvalue weighted by Gasteiger charge is 2.39. The third-order valence-corrected chi connectivity index (χ3v) is 3.16. The van der Waals surface area contributed by atoms with Gasteiger partial charge in [0.2, 0.25) is 0 Å². The van der Waals surface area contributed by atoms with Gasteiger partial charge < -0.3 is 11.5 Å². The summed E-state index contributed by atoms with van der Waals surface area (Å²) >= 11 is 0. The highest BCUT2D eigenvalue weighted by Crippen LogP contribution is 2.33. The number of imide groups is 1. The largest absolute Gasteiger partial charge is 0.399 e. The van der Waals surface area contributed by atoms with Crippen molar-refractivity contribution in [3.63, 3.8) is 0 Å². The van der Waals surface area contributed by atoms with E-state index in [0.29, 0.717) is 0 Å². The van der Waals surface area contributed by atoms with Crippen molar-refractivity contribution in [3.05, 3.63) is 53.3 Å². The Balaban J connectivity index is 2.17. The molecule has 0 bridgehead atoms. The minimum Gasteiger partial charge on any atom is -0.399 e. The van der Waals surface area contributed by atoms with Gasteiger partial charge in [0.25, 0.3) is 11.8 Å². The van der Waals surface area contributed by atoms with Gasteiger partial charge in [-0.1, -0.05) is 6.07 Å². The Kier molecular flexibility index (Phi) is 2.47. The molecule has 6 heteroatoms. The monoisotopic (exact) mass is 271 g/mol. The first-order chi connectivity index (χ1) is 9.50. The molecular weight excluding hydrogens is 261 g/mol. The summed E-state index contributed by atoms with van der Waals surface area (Å²) in [4.78, 5) is 25.3. The minimum absolute atomic E-state index is 0.105. The van der Waals surface area contributed by atoms with Crippen LogP contribution in [0.2, 0.25) is 0 Å². The molecule has 1 heterocycles. The standard InChI is InChI=1S/C14H10FN3O2/c15-9-6-7(16)4-5-11(9)18-13(19)8-2-1-3-10(17)12(8)14(18)20/h1-6H,16-17H2. The van der Waals surface area contributed by atoms with Crippen LogP contribution in [0.25, 0.3) is 0 Å². The number of benzene rings is 2. The molecule has 0 aromatic heterocycles. The van der Waals surface area contributed by atoms with Crippen LogP contribution in [0.15, 0.2) is 36.4 Å². The fourth-order valence-corrected chi connectivity index (χ4v) is 2.23. The van der Waals surface area contributed by atoms with Gasteiger partial charge in [-0.3, -0.25) is 9.59 Å². The van der Waals surface area contributed by atoms with Crippen LogP contribution in [0.5, 0.6) is 0 Å². The van der Waals surface area contributed by atoms with Crippen molar-refractivity contribution in [2.75, 3.05) is 16.4 Å². The third-order valence-electron chi connectivity index (χ3n) is 3.16. The number of hydrogen-bond donors (Lipinski definition) is 2. The van der Waals surface area contributed by atoms with Gasteiger partial charge in [-0.05, 0) is 30.3 Å². The Morgan fingerprint density at radius 2 is 1.75 bits per heavy atom. The van der Waals surface area contributed by atoms with Gasteiger partial charge in [0, 0.05) is 11.4 Å². The van der Waals surface area contributed by atoms with Crippen molar-refractivity contribution in [3.8, 4) is 0 Å². The highest BCUT2D eigenvalue weighted by atomic mass is 19.1. The minimum atomic E-state index is -0.738. The summed E-state index contributed by atoms with van der Waals surface area (Å²) in [5.74, 6) is -1.97. The summed E-state index contributed by atoms with van der Waals surface area (Å²) in [5.41, 5.74) is 11.7. The molecule has 0 saturated carbocycles. The Morgan fingerprint density at radius 1 is 1.00 bits per heavy atom. The van der Waals surface area contributed by atoms with E-state index < -0.39 is 17.6 Å². The lowest BCUT2D eigenvalue weighted by Crippen LogP contribution is -2.30. The number of fused-ring (bicyclic) bond motifs is 1. The second-order valence-electron chi connectivity index (χ2n) is 4.43. The molecule has 5 nitrogen and oxygen atoms in total. The zero-order chi connectivity index (χ0) is 14.4. The fourth-order valence-electron chi connectivity index (χ4n) is 2.23. The van der Waals surface area contributed by atoms with E-state index in [1.807, 2.05) is 0 Å². The number of nitrogen functional groups attached to an aromatic ring is 2. The highest BCUT2D eigenvalue weighted by molar-refractivity contribution is 6.36. The number of anilines is 3. The molecule has 1 aliphatic heterocycles. The number of halogens is 1. The predicted octanol–water partition coefficient (Wildman–Crippen LogP) is 1.79. The van der Waals surface area contributed by atoms with Crippen LogP contribution >= 0.6 is 0 Å². The molecule has 20 heavy (non-hydrogen) atoms. The second kappa shape index (κ2) is 4.06. The number of hydrogen-bond acceptors (Lipinski definition) is 4. The van der Waals surface area contributed by atoms with Gasteiger partial charge in [0.15, 0.2) is 0 Å². The van der Waals surface area contributed by atoms with Crippen molar-refractivity contribution in [1.82, 2.24) is 0 Å². The number of rotatable bonds is 1. The van der Waals surface area contributed by atoms with E-state index in [9.17, 15) is 14.0 Å². The molecule has 2 aromatic carbocycles. The van der Waals surface area contributed by atoms with Gasteiger partial charge in [-0.15, -0.1) is 0 Å². The maximum Gasteiger partial charge on any atom is 0.268 e. The van der Waals surface area contributed by atoms with Gasteiger partial charge >= 0.3 is 0 Å². The zero-order valence-corrected chi connectivity index (χ0v) is 10.3. The van der Waals surface area contributed by atoms with Crippen LogP contribution in [0, 0.1) is 5.82 Å². The molecule has 0 aliphatic carbocycles. The Bertz CT molecular complexity index is 758. The van der Waals surface area contributed by atoms with E-state index in [-0.39, 0.29) is 28.2 Å². The fraction of sp³-hybridized carbons (Fsp3) is 0. The molecule has 4 N–H and O–H groups in total. The molecule has 0 unspecified atom stereocenters. The summed E-state index contributed by atoms with van der Waals surface area (Å²) < 4.78 is 13.9. The summed E-state index contributed by atoms with van der Waals surface area (Å²) in [6, 6.07) is 8.35. The average molecular weight is 271 g/mol. The number of nitrogens with two attached hydrogens (primary N) is 2. The Labute approximate surface area is 113 Å². The molecule has 0 atom stereocenters. The predicted molar refractivity (Wildman–Crippen MR) is 72.8 cm³/mol. The van der Waals surface area contributed by atoms with E-state index >= 15 is 0 Å². The van der Waals surface area contributed by atoms with E-state index in [4.69, 9.17) is 11.5 Å². The SMILES string of the molecule is Nc1ccc(N2C(=O)c3cccc(N)c3C2=O)c(F)c1. The second-order valence-corrected chi connectivity index (χ2v) is 4.43. The molecule has 0 fully saturated rings. The lowest BCUT2D eigenvalue weighted by Gasteiger charge is -2.15. The van der Waals surface area contributed by atoms with E-state index in [1.165, 1.54) is 24.3 Å². The topological polar surface area (TPSA) is 89.4 Å². The normalized spacial score (nSPS) is 13.8. The first kappa shape index (κ1) is 12.2.